The molecule has 178 valence electrons. The summed E-state index contributed by atoms with van der Waals surface area (Å²) in [7, 11) is -3.28. The van der Waals surface area contributed by atoms with Crippen LogP contribution in [0.1, 0.15) is 31.7 Å². The van der Waals surface area contributed by atoms with E-state index in [0.29, 0.717) is 43.8 Å². The number of hydrogen-bond acceptors (Lipinski definition) is 5. The van der Waals surface area contributed by atoms with Crippen LogP contribution in [0.15, 0.2) is 47.4 Å². The van der Waals surface area contributed by atoms with Crippen molar-refractivity contribution in [2.75, 3.05) is 30.3 Å². The van der Waals surface area contributed by atoms with Crippen LogP contribution in [0.4, 0.5) is 24.5 Å². The van der Waals surface area contributed by atoms with Crippen molar-refractivity contribution < 1.29 is 31.4 Å². The van der Waals surface area contributed by atoms with E-state index in [9.17, 15) is 26.7 Å². The summed E-state index contributed by atoms with van der Waals surface area (Å²) in [5, 5.41) is 10.9. The number of benzene rings is 2. The first-order valence-corrected chi connectivity index (χ1v) is 12.1. The van der Waals surface area contributed by atoms with Gasteiger partial charge in [-0.25, -0.2) is 13.3 Å². The number of ether oxygens (including phenoxy) is 1. The molecule has 0 atom stereocenters. The van der Waals surface area contributed by atoms with Crippen molar-refractivity contribution in [3.8, 4) is 5.75 Å². The van der Waals surface area contributed by atoms with E-state index in [-0.39, 0.29) is 17.3 Å². The molecular formula is C23H25F3N2O4S. The summed E-state index contributed by atoms with van der Waals surface area (Å²) in [5.74, 6) is 0.504. The predicted molar refractivity (Wildman–Crippen MR) is 118 cm³/mol. The van der Waals surface area contributed by atoms with Crippen LogP contribution in [0.5, 0.6) is 5.75 Å². The van der Waals surface area contributed by atoms with Crippen LogP contribution in [-0.2, 0) is 16.0 Å². The molecule has 0 bridgehead atoms. The molecule has 1 N–H and O–H groups in total. The van der Waals surface area contributed by atoms with Crippen molar-refractivity contribution >= 4 is 21.2 Å². The van der Waals surface area contributed by atoms with E-state index in [0.717, 1.165) is 6.07 Å². The summed E-state index contributed by atoms with van der Waals surface area (Å²) in [6.45, 7) is 9.47. The Balaban J connectivity index is 1.56. The fourth-order valence-electron chi connectivity index (χ4n) is 3.75. The number of aliphatic hydroxyl groups is 1. The van der Waals surface area contributed by atoms with Gasteiger partial charge in [-0.2, -0.15) is 13.2 Å². The van der Waals surface area contributed by atoms with Crippen molar-refractivity contribution in [1.29, 1.82) is 0 Å². The van der Waals surface area contributed by atoms with Crippen LogP contribution in [0.25, 0.3) is 4.85 Å². The average molecular weight is 483 g/mol. The molecule has 1 aliphatic heterocycles. The molecule has 33 heavy (non-hydrogen) atoms. The van der Waals surface area contributed by atoms with Crippen molar-refractivity contribution in [3.05, 3.63) is 59.4 Å². The molecular weight excluding hydrogens is 457 g/mol. The van der Waals surface area contributed by atoms with Gasteiger partial charge in [-0.3, -0.25) is 0 Å². The van der Waals surface area contributed by atoms with Gasteiger partial charge in [0, 0.05) is 25.2 Å². The largest absolute Gasteiger partial charge is 0.493 e. The first-order chi connectivity index (χ1) is 15.5. The Morgan fingerprint density at radius 3 is 2.33 bits per heavy atom. The highest BCUT2D eigenvalue weighted by Gasteiger charge is 2.36. The highest BCUT2D eigenvalue weighted by molar-refractivity contribution is 7.91. The Bertz CT molecular complexity index is 1120. The molecule has 0 amide bonds. The number of anilines is 1. The lowest BCUT2D eigenvalue weighted by molar-refractivity contribution is -0.136. The standard InChI is InChI=1S/C23H25F3N2O4S/c1-3-33(30,31)19-7-5-18(6-8-19)32-15-12-22(29)10-13-28(14-11-22)17-4-9-21(27-2)20(16-17)23(24,25)26/h4-9,16,29H,3,10-15H2,1H3. The van der Waals surface area contributed by atoms with Crippen LogP contribution in [-0.4, -0.2) is 44.6 Å². The van der Waals surface area contributed by atoms with Crippen molar-refractivity contribution in [3.63, 3.8) is 0 Å². The fraction of sp³-hybridized carbons (Fsp3) is 0.435. The molecule has 0 aromatic heterocycles. The van der Waals surface area contributed by atoms with Gasteiger partial charge in [0.2, 0.25) is 0 Å². The number of hydrogen-bond donors (Lipinski definition) is 1. The number of halogens is 3. The normalized spacial score (nSPS) is 16.3. The second kappa shape index (κ2) is 9.61. The summed E-state index contributed by atoms with van der Waals surface area (Å²) in [6, 6.07) is 9.77. The third-order valence-corrected chi connectivity index (χ3v) is 7.61. The molecule has 0 aliphatic carbocycles. The lowest BCUT2D eigenvalue weighted by Gasteiger charge is -2.39. The molecule has 3 rings (SSSR count). The maximum absolute atomic E-state index is 13.2. The highest BCUT2D eigenvalue weighted by atomic mass is 32.2. The summed E-state index contributed by atoms with van der Waals surface area (Å²) >= 11 is 0. The number of alkyl halides is 3. The van der Waals surface area contributed by atoms with Gasteiger partial charge < -0.3 is 14.7 Å². The molecule has 0 unspecified atom stereocenters. The van der Waals surface area contributed by atoms with E-state index in [1.165, 1.54) is 24.3 Å². The van der Waals surface area contributed by atoms with Gasteiger partial charge in [0.15, 0.2) is 15.5 Å². The Morgan fingerprint density at radius 2 is 1.79 bits per heavy atom. The van der Waals surface area contributed by atoms with Gasteiger partial charge >= 0.3 is 6.18 Å². The van der Waals surface area contributed by atoms with Crippen LogP contribution >= 0.6 is 0 Å². The van der Waals surface area contributed by atoms with Crippen molar-refractivity contribution in [2.24, 2.45) is 0 Å². The number of sulfone groups is 1. The quantitative estimate of drug-likeness (QED) is 0.572. The first-order valence-electron chi connectivity index (χ1n) is 10.5. The third-order valence-electron chi connectivity index (χ3n) is 5.86. The summed E-state index contributed by atoms with van der Waals surface area (Å²) < 4.78 is 69.1. The number of nitrogens with zero attached hydrogens (tertiary/aromatic N) is 2. The van der Waals surface area contributed by atoms with Gasteiger partial charge in [-0.05, 0) is 49.2 Å². The molecule has 2 aromatic carbocycles. The number of rotatable bonds is 7. The molecule has 1 aliphatic rings. The summed E-state index contributed by atoms with van der Waals surface area (Å²) in [4.78, 5) is 4.95. The second-order valence-corrected chi connectivity index (χ2v) is 10.3. The van der Waals surface area contributed by atoms with Gasteiger partial charge in [0.05, 0.1) is 35.0 Å². The van der Waals surface area contributed by atoms with E-state index in [2.05, 4.69) is 4.85 Å². The minimum atomic E-state index is -4.61. The minimum absolute atomic E-state index is 0.0124. The zero-order valence-electron chi connectivity index (χ0n) is 18.1. The maximum Gasteiger partial charge on any atom is 0.407 e. The van der Waals surface area contributed by atoms with Crippen molar-refractivity contribution in [2.45, 2.75) is 42.9 Å². The first kappa shape index (κ1) is 24.9. The van der Waals surface area contributed by atoms with Gasteiger partial charge in [-0.15, -0.1) is 0 Å². The Labute approximate surface area is 191 Å². The van der Waals surface area contributed by atoms with Gasteiger partial charge in [0.25, 0.3) is 0 Å². The van der Waals surface area contributed by atoms with E-state index in [4.69, 9.17) is 11.3 Å². The van der Waals surface area contributed by atoms with Crippen LogP contribution in [0.2, 0.25) is 0 Å². The smallest absolute Gasteiger partial charge is 0.407 e. The maximum atomic E-state index is 13.2. The second-order valence-electron chi connectivity index (χ2n) is 8.00. The highest BCUT2D eigenvalue weighted by Crippen LogP contribution is 2.39. The predicted octanol–water partition coefficient (Wildman–Crippen LogP) is 4.85. The number of piperidine rings is 1. The van der Waals surface area contributed by atoms with Crippen LogP contribution in [0.3, 0.4) is 0 Å². The molecule has 0 spiro atoms. The topological polar surface area (TPSA) is 71.2 Å². The molecule has 10 heteroatoms. The Morgan fingerprint density at radius 1 is 1.15 bits per heavy atom. The van der Waals surface area contributed by atoms with Gasteiger partial charge in [0.1, 0.15) is 5.75 Å². The average Bonchev–Trinajstić information content (AvgIpc) is 2.79. The van der Waals surface area contributed by atoms with E-state index < -0.39 is 32.9 Å². The Kier molecular flexibility index (Phi) is 7.24. The summed E-state index contributed by atoms with van der Waals surface area (Å²) in [6.07, 6.45) is -3.56. The fourth-order valence-corrected chi connectivity index (χ4v) is 4.63. The molecule has 2 aromatic rings. The monoisotopic (exact) mass is 482 g/mol. The molecule has 1 saturated heterocycles. The zero-order chi connectivity index (χ0) is 24.3. The van der Waals surface area contributed by atoms with Crippen LogP contribution in [0, 0.1) is 6.57 Å². The molecule has 1 heterocycles. The van der Waals surface area contributed by atoms with E-state index >= 15 is 0 Å². The lowest BCUT2D eigenvalue weighted by Crippen LogP contribution is -2.45. The minimum Gasteiger partial charge on any atom is -0.493 e. The summed E-state index contributed by atoms with van der Waals surface area (Å²) in [5.41, 5.74) is -2.03. The molecule has 1 fully saturated rings. The van der Waals surface area contributed by atoms with E-state index in [1.807, 2.05) is 0 Å². The van der Waals surface area contributed by atoms with Gasteiger partial charge in [-0.1, -0.05) is 13.0 Å². The van der Waals surface area contributed by atoms with Crippen LogP contribution < -0.4 is 9.64 Å². The molecule has 6 nitrogen and oxygen atoms in total. The van der Waals surface area contributed by atoms with E-state index in [1.54, 1.807) is 24.0 Å². The zero-order valence-corrected chi connectivity index (χ0v) is 18.9. The Hall–Kier alpha value is -2.77. The molecule has 0 radical (unpaired) electrons. The molecule has 0 saturated carbocycles. The SMILES string of the molecule is [C-]#[N+]c1ccc(N2CCC(O)(CCOc3ccc(S(=O)(=O)CC)cc3)CC2)cc1C(F)(F)F. The van der Waals surface area contributed by atoms with Crippen molar-refractivity contribution in [1.82, 2.24) is 0 Å². The lowest BCUT2D eigenvalue weighted by atomic mass is 9.88. The third kappa shape index (κ3) is 5.97.